The third-order valence-electron chi connectivity index (χ3n) is 3.12. The molecular formula is C10H20. The first-order valence-electron chi connectivity index (χ1n) is 4.88. The molecule has 1 aliphatic carbocycles. The summed E-state index contributed by atoms with van der Waals surface area (Å²) in [5, 5.41) is 0. The molecule has 60 valence electrons. The van der Waals surface area contributed by atoms with Crippen LogP contribution >= 0.6 is 0 Å². The quantitative estimate of drug-likeness (QED) is 0.549. The Kier molecular flexibility index (Phi) is 3.24. The molecule has 0 aliphatic heterocycles. The summed E-state index contributed by atoms with van der Waals surface area (Å²) in [4.78, 5) is 0. The van der Waals surface area contributed by atoms with Gasteiger partial charge in [0.15, 0.2) is 0 Å². The van der Waals surface area contributed by atoms with E-state index in [0.717, 1.165) is 11.8 Å². The maximum absolute atomic E-state index is 2.35. The van der Waals surface area contributed by atoms with Crippen LogP contribution in [0.3, 0.4) is 0 Å². The molecule has 0 aromatic heterocycles. The zero-order chi connectivity index (χ0) is 7.40. The molecular weight excluding hydrogens is 120 g/mol. The van der Waals surface area contributed by atoms with Crippen molar-refractivity contribution >= 4 is 0 Å². The minimum Gasteiger partial charge on any atom is -0.0651 e. The van der Waals surface area contributed by atoms with Crippen molar-refractivity contribution in [2.45, 2.75) is 52.4 Å². The fourth-order valence-electron chi connectivity index (χ4n) is 2.36. The van der Waals surface area contributed by atoms with E-state index in [1.54, 1.807) is 0 Å². The Labute approximate surface area is 65.0 Å². The van der Waals surface area contributed by atoms with Crippen LogP contribution in [-0.4, -0.2) is 0 Å². The molecule has 0 heteroatoms. The molecule has 1 unspecified atom stereocenters. The lowest BCUT2D eigenvalue weighted by Gasteiger charge is -2.29. The first-order valence-corrected chi connectivity index (χ1v) is 4.88. The van der Waals surface area contributed by atoms with Gasteiger partial charge in [0.2, 0.25) is 0 Å². The van der Waals surface area contributed by atoms with Gasteiger partial charge in [-0.15, -0.1) is 0 Å². The standard InChI is InChI=1S/C10H20/c1-3-9-7-5-6-8-10(9)4-2/h9-10H,3-8H2,1-2H3/t9-,10?/m1/s1. The van der Waals surface area contributed by atoms with Gasteiger partial charge in [-0.25, -0.2) is 0 Å². The largest absolute Gasteiger partial charge is 0.0651 e. The smallest absolute Gasteiger partial charge is 0.0389 e. The van der Waals surface area contributed by atoms with Crippen molar-refractivity contribution in [3.63, 3.8) is 0 Å². The molecule has 0 N–H and O–H groups in total. The van der Waals surface area contributed by atoms with E-state index in [-0.39, 0.29) is 0 Å². The zero-order valence-electron chi connectivity index (χ0n) is 7.40. The van der Waals surface area contributed by atoms with Crippen LogP contribution in [0.25, 0.3) is 0 Å². The lowest BCUT2D eigenvalue weighted by molar-refractivity contribution is 0.224. The Morgan fingerprint density at radius 2 is 1.30 bits per heavy atom. The number of hydrogen-bond donors (Lipinski definition) is 0. The van der Waals surface area contributed by atoms with Crippen LogP contribution < -0.4 is 0 Å². The zero-order valence-corrected chi connectivity index (χ0v) is 7.40. The lowest BCUT2D eigenvalue weighted by atomic mass is 9.77. The van der Waals surface area contributed by atoms with E-state index in [9.17, 15) is 0 Å². The molecule has 0 spiro atoms. The third kappa shape index (κ3) is 1.74. The van der Waals surface area contributed by atoms with E-state index in [2.05, 4.69) is 13.8 Å². The van der Waals surface area contributed by atoms with Crippen molar-refractivity contribution in [2.75, 3.05) is 0 Å². The van der Waals surface area contributed by atoms with Crippen LogP contribution in [-0.2, 0) is 0 Å². The molecule has 1 saturated carbocycles. The predicted octanol–water partition coefficient (Wildman–Crippen LogP) is 3.61. The van der Waals surface area contributed by atoms with E-state index in [4.69, 9.17) is 0 Å². The summed E-state index contributed by atoms with van der Waals surface area (Å²) in [5.74, 6) is 2.14. The summed E-state index contributed by atoms with van der Waals surface area (Å²) in [6.07, 6.45) is 8.84. The Bertz CT molecular complexity index is 74.0. The van der Waals surface area contributed by atoms with Gasteiger partial charge >= 0.3 is 0 Å². The Hall–Kier alpha value is 0. The molecule has 1 aliphatic rings. The summed E-state index contributed by atoms with van der Waals surface area (Å²) >= 11 is 0. The van der Waals surface area contributed by atoms with E-state index in [1.165, 1.54) is 38.5 Å². The van der Waals surface area contributed by atoms with Crippen LogP contribution in [0.5, 0.6) is 0 Å². The van der Waals surface area contributed by atoms with Gasteiger partial charge in [0.1, 0.15) is 0 Å². The van der Waals surface area contributed by atoms with Crippen molar-refractivity contribution in [1.82, 2.24) is 0 Å². The van der Waals surface area contributed by atoms with E-state index in [0.29, 0.717) is 0 Å². The van der Waals surface area contributed by atoms with Gasteiger partial charge in [0.25, 0.3) is 0 Å². The van der Waals surface area contributed by atoms with Crippen molar-refractivity contribution in [2.24, 2.45) is 11.8 Å². The molecule has 0 amide bonds. The van der Waals surface area contributed by atoms with Crippen molar-refractivity contribution in [1.29, 1.82) is 0 Å². The minimum absolute atomic E-state index is 1.07. The second-order valence-corrected chi connectivity index (χ2v) is 3.62. The van der Waals surface area contributed by atoms with Gasteiger partial charge in [-0.3, -0.25) is 0 Å². The van der Waals surface area contributed by atoms with E-state index < -0.39 is 0 Å². The highest BCUT2D eigenvalue weighted by atomic mass is 14.3. The molecule has 0 heterocycles. The highest BCUT2D eigenvalue weighted by Gasteiger charge is 2.21. The molecule has 1 fully saturated rings. The monoisotopic (exact) mass is 140 g/mol. The average molecular weight is 140 g/mol. The van der Waals surface area contributed by atoms with Crippen molar-refractivity contribution < 1.29 is 0 Å². The number of hydrogen-bond acceptors (Lipinski definition) is 0. The maximum atomic E-state index is 2.35. The molecule has 0 nitrogen and oxygen atoms in total. The van der Waals surface area contributed by atoms with Gasteiger partial charge in [0.05, 0.1) is 0 Å². The Morgan fingerprint density at radius 1 is 0.900 bits per heavy atom. The average Bonchev–Trinajstić information content (AvgIpc) is 2.04. The molecule has 0 radical (unpaired) electrons. The van der Waals surface area contributed by atoms with Crippen molar-refractivity contribution in [3.8, 4) is 0 Å². The van der Waals surface area contributed by atoms with Crippen LogP contribution in [0, 0.1) is 11.8 Å². The first kappa shape index (κ1) is 8.10. The van der Waals surface area contributed by atoms with Gasteiger partial charge in [-0.05, 0) is 11.8 Å². The first-order chi connectivity index (χ1) is 4.88. The second-order valence-electron chi connectivity index (χ2n) is 3.62. The lowest BCUT2D eigenvalue weighted by Crippen LogP contribution is -2.17. The minimum atomic E-state index is 1.07. The topological polar surface area (TPSA) is 0 Å². The van der Waals surface area contributed by atoms with Crippen molar-refractivity contribution in [3.05, 3.63) is 0 Å². The fraction of sp³-hybridized carbons (Fsp3) is 1.00. The SMILES string of the molecule is CCC1CCCC[C@H]1CC. The van der Waals surface area contributed by atoms with Gasteiger partial charge in [0, 0.05) is 0 Å². The van der Waals surface area contributed by atoms with Crippen LogP contribution in [0.1, 0.15) is 52.4 Å². The van der Waals surface area contributed by atoms with Gasteiger partial charge < -0.3 is 0 Å². The fourth-order valence-corrected chi connectivity index (χ4v) is 2.36. The summed E-state index contributed by atoms with van der Waals surface area (Å²) < 4.78 is 0. The molecule has 10 heavy (non-hydrogen) atoms. The highest BCUT2D eigenvalue weighted by Crippen LogP contribution is 2.33. The Morgan fingerprint density at radius 3 is 1.60 bits per heavy atom. The summed E-state index contributed by atoms with van der Waals surface area (Å²) in [6.45, 7) is 4.69. The summed E-state index contributed by atoms with van der Waals surface area (Å²) in [5.41, 5.74) is 0. The van der Waals surface area contributed by atoms with E-state index >= 15 is 0 Å². The summed E-state index contributed by atoms with van der Waals surface area (Å²) in [7, 11) is 0. The normalized spacial score (nSPS) is 34.2. The number of rotatable bonds is 2. The highest BCUT2D eigenvalue weighted by molar-refractivity contribution is 4.72. The molecule has 0 bridgehead atoms. The van der Waals surface area contributed by atoms with Crippen LogP contribution in [0.15, 0.2) is 0 Å². The van der Waals surface area contributed by atoms with Crippen LogP contribution in [0.4, 0.5) is 0 Å². The summed E-state index contributed by atoms with van der Waals surface area (Å²) in [6, 6.07) is 0. The maximum Gasteiger partial charge on any atom is -0.0389 e. The predicted molar refractivity (Wildman–Crippen MR) is 46.0 cm³/mol. The molecule has 2 atom stereocenters. The molecule has 0 aromatic rings. The van der Waals surface area contributed by atoms with Gasteiger partial charge in [-0.2, -0.15) is 0 Å². The Balaban J connectivity index is 2.34. The second kappa shape index (κ2) is 4.00. The third-order valence-corrected chi connectivity index (χ3v) is 3.12. The molecule has 0 saturated heterocycles. The van der Waals surface area contributed by atoms with Gasteiger partial charge in [-0.1, -0.05) is 52.4 Å². The van der Waals surface area contributed by atoms with E-state index in [1.807, 2.05) is 0 Å². The molecule has 0 aromatic carbocycles. The molecule has 1 rings (SSSR count). The van der Waals surface area contributed by atoms with Crippen LogP contribution in [0.2, 0.25) is 0 Å².